The lowest BCUT2D eigenvalue weighted by Gasteiger charge is -2.07. The molecule has 0 atom stereocenters. The van der Waals surface area contributed by atoms with Gasteiger partial charge in [-0.25, -0.2) is 4.68 Å². The minimum atomic E-state index is -0.393. The van der Waals surface area contributed by atoms with Gasteiger partial charge in [0.15, 0.2) is 0 Å². The molecule has 0 spiro atoms. The lowest BCUT2D eigenvalue weighted by molar-refractivity contribution is -0.117. The van der Waals surface area contributed by atoms with Crippen LogP contribution in [0, 0.1) is 0 Å². The topological polar surface area (TPSA) is 90.0 Å². The van der Waals surface area contributed by atoms with Crippen LogP contribution in [-0.4, -0.2) is 22.2 Å². The SMILES string of the molecule is Cn1ncc(NCCC(N)=O)c(Br)c1=O. The second-order valence-corrected chi connectivity index (χ2v) is 3.74. The summed E-state index contributed by atoms with van der Waals surface area (Å²) in [6.07, 6.45) is 1.72. The van der Waals surface area contributed by atoms with Gasteiger partial charge in [0.1, 0.15) is 4.47 Å². The molecular formula is C8H11BrN4O2. The Bertz CT molecular complexity index is 429. The zero-order valence-corrected chi connectivity index (χ0v) is 9.74. The molecule has 3 N–H and O–H groups in total. The Balaban J connectivity index is 2.75. The zero-order valence-electron chi connectivity index (χ0n) is 8.16. The lowest BCUT2D eigenvalue weighted by Crippen LogP contribution is -2.22. The molecule has 0 aliphatic heterocycles. The van der Waals surface area contributed by atoms with Gasteiger partial charge >= 0.3 is 0 Å². The largest absolute Gasteiger partial charge is 0.382 e. The number of carbonyl (C=O) groups is 1. The average Bonchev–Trinajstić information content (AvgIpc) is 2.18. The molecule has 0 saturated heterocycles. The Morgan fingerprint density at radius 1 is 1.73 bits per heavy atom. The minimum Gasteiger partial charge on any atom is -0.382 e. The maximum absolute atomic E-state index is 11.4. The van der Waals surface area contributed by atoms with E-state index in [2.05, 4.69) is 26.3 Å². The van der Waals surface area contributed by atoms with E-state index < -0.39 is 5.91 Å². The molecular weight excluding hydrogens is 264 g/mol. The molecule has 6 nitrogen and oxygen atoms in total. The van der Waals surface area contributed by atoms with E-state index in [1.165, 1.54) is 10.9 Å². The second kappa shape index (κ2) is 4.92. The van der Waals surface area contributed by atoms with E-state index in [-0.39, 0.29) is 12.0 Å². The highest BCUT2D eigenvalue weighted by atomic mass is 79.9. The van der Waals surface area contributed by atoms with Crippen LogP contribution in [0.25, 0.3) is 0 Å². The van der Waals surface area contributed by atoms with Crippen molar-refractivity contribution in [1.82, 2.24) is 9.78 Å². The van der Waals surface area contributed by atoms with Gasteiger partial charge in [-0.2, -0.15) is 5.10 Å². The van der Waals surface area contributed by atoms with Crippen molar-refractivity contribution in [3.63, 3.8) is 0 Å². The number of primary amides is 1. The standard InChI is InChI=1S/C8H11BrN4O2/c1-13-8(15)7(9)5(4-12-13)11-3-2-6(10)14/h4,11H,2-3H2,1H3,(H2,10,14). The number of hydrogen-bond donors (Lipinski definition) is 2. The lowest BCUT2D eigenvalue weighted by atomic mass is 10.4. The number of carbonyl (C=O) groups excluding carboxylic acids is 1. The summed E-state index contributed by atoms with van der Waals surface area (Å²) in [4.78, 5) is 21.9. The molecule has 7 heteroatoms. The van der Waals surface area contributed by atoms with E-state index in [0.717, 1.165) is 0 Å². The van der Waals surface area contributed by atoms with Gasteiger partial charge in [0.05, 0.1) is 11.9 Å². The number of nitrogens with two attached hydrogens (primary N) is 1. The number of rotatable bonds is 4. The van der Waals surface area contributed by atoms with Crippen LogP contribution >= 0.6 is 15.9 Å². The maximum atomic E-state index is 11.4. The molecule has 1 heterocycles. The number of hydrogen-bond acceptors (Lipinski definition) is 4. The number of halogens is 1. The fourth-order valence-corrected chi connectivity index (χ4v) is 1.45. The van der Waals surface area contributed by atoms with Crippen LogP contribution in [0.15, 0.2) is 15.5 Å². The van der Waals surface area contributed by atoms with Crippen LogP contribution in [0.4, 0.5) is 5.69 Å². The second-order valence-electron chi connectivity index (χ2n) is 2.94. The summed E-state index contributed by atoms with van der Waals surface area (Å²) >= 11 is 3.15. The third kappa shape index (κ3) is 3.05. The summed E-state index contributed by atoms with van der Waals surface area (Å²) in [5.41, 5.74) is 5.29. The first-order valence-corrected chi connectivity index (χ1v) is 5.05. The highest BCUT2D eigenvalue weighted by Crippen LogP contribution is 2.15. The van der Waals surface area contributed by atoms with E-state index in [4.69, 9.17) is 5.73 Å². The zero-order chi connectivity index (χ0) is 11.4. The van der Waals surface area contributed by atoms with Crippen molar-refractivity contribution in [2.45, 2.75) is 6.42 Å². The van der Waals surface area contributed by atoms with Gasteiger partial charge in [0.25, 0.3) is 5.56 Å². The molecule has 1 amide bonds. The smallest absolute Gasteiger partial charge is 0.282 e. The first kappa shape index (κ1) is 11.7. The Morgan fingerprint density at radius 2 is 2.40 bits per heavy atom. The highest BCUT2D eigenvalue weighted by Gasteiger charge is 2.06. The predicted octanol–water partition coefficient (Wildman–Crippen LogP) is -0.170. The normalized spacial score (nSPS) is 10.0. The van der Waals surface area contributed by atoms with E-state index in [0.29, 0.717) is 16.7 Å². The maximum Gasteiger partial charge on any atom is 0.282 e. The number of aromatic nitrogens is 2. The molecule has 0 saturated carbocycles. The van der Waals surface area contributed by atoms with Crippen molar-refractivity contribution >= 4 is 27.5 Å². The Labute approximate surface area is 94.6 Å². The fourth-order valence-electron chi connectivity index (χ4n) is 0.954. The number of nitrogens with one attached hydrogen (secondary N) is 1. The van der Waals surface area contributed by atoms with Crippen LogP contribution in [0.3, 0.4) is 0 Å². The van der Waals surface area contributed by atoms with Gasteiger partial charge in [-0.05, 0) is 15.9 Å². The molecule has 0 aromatic carbocycles. The fraction of sp³-hybridized carbons (Fsp3) is 0.375. The summed E-state index contributed by atoms with van der Waals surface area (Å²) in [6.45, 7) is 0.378. The van der Waals surface area contributed by atoms with Crippen molar-refractivity contribution < 1.29 is 4.79 Å². The van der Waals surface area contributed by atoms with E-state index in [9.17, 15) is 9.59 Å². The van der Waals surface area contributed by atoms with Crippen molar-refractivity contribution in [2.75, 3.05) is 11.9 Å². The van der Waals surface area contributed by atoms with Crippen LogP contribution in [-0.2, 0) is 11.8 Å². The van der Waals surface area contributed by atoms with Crippen molar-refractivity contribution in [2.24, 2.45) is 12.8 Å². The van der Waals surface area contributed by atoms with Crippen LogP contribution in [0.2, 0.25) is 0 Å². The molecule has 0 unspecified atom stereocenters. The van der Waals surface area contributed by atoms with E-state index >= 15 is 0 Å². The molecule has 0 aliphatic rings. The number of anilines is 1. The third-order valence-corrected chi connectivity index (χ3v) is 2.53. The molecule has 0 bridgehead atoms. The molecule has 0 radical (unpaired) electrons. The van der Waals surface area contributed by atoms with Gasteiger partial charge < -0.3 is 11.1 Å². The van der Waals surface area contributed by atoms with Crippen molar-refractivity contribution in [3.05, 3.63) is 21.0 Å². The number of aryl methyl sites for hydroxylation is 1. The van der Waals surface area contributed by atoms with Gasteiger partial charge in [0, 0.05) is 20.0 Å². The van der Waals surface area contributed by atoms with Gasteiger partial charge in [-0.3, -0.25) is 9.59 Å². The van der Waals surface area contributed by atoms with Crippen LogP contribution in [0.1, 0.15) is 6.42 Å². The molecule has 0 fully saturated rings. The highest BCUT2D eigenvalue weighted by molar-refractivity contribution is 9.10. The molecule has 1 aromatic rings. The van der Waals surface area contributed by atoms with Gasteiger partial charge in [-0.15, -0.1) is 0 Å². The Kier molecular flexibility index (Phi) is 3.84. The Hall–Kier alpha value is -1.37. The average molecular weight is 275 g/mol. The van der Waals surface area contributed by atoms with E-state index in [1.807, 2.05) is 0 Å². The van der Waals surface area contributed by atoms with Crippen LogP contribution < -0.4 is 16.6 Å². The van der Waals surface area contributed by atoms with Crippen LogP contribution in [0.5, 0.6) is 0 Å². The summed E-state index contributed by atoms with van der Waals surface area (Å²) in [5, 5.41) is 6.72. The quantitative estimate of drug-likeness (QED) is 0.798. The van der Waals surface area contributed by atoms with Crippen molar-refractivity contribution in [3.8, 4) is 0 Å². The minimum absolute atomic E-state index is 0.210. The number of amides is 1. The molecule has 15 heavy (non-hydrogen) atoms. The first-order valence-electron chi connectivity index (χ1n) is 4.26. The van der Waals surface area contributed by atoms with Gasteiger partial charge in [-0.1, -0.05) is 0 Å². The summed E-state index contributed by atoms with van der Waals surface area (Å²) in [6, 6.07) is 0. The van der Waals surface area contributed by atoms with E-state index in [1.54, 1.807) is 7.05 Å². The molecule has 82 valence electrons. The first-order chi connectivity index (χ1) is 7.02. The predicted molar refractivity (Wildman–Crippen MR) is 59.5 cm³/mol. The molecule has 1 aromatic heterocycles. The number of nitrogens with zero attached hydrogens (tertiary/aromatic N) is 2. The third-order valence-electron chi connectivity index (χ3n) is 1.77. The van der Waals surface area contributed by atoms with Crippen molar-refractivity contribution in [1.29, 1.82) is 0 Å². The summed E-state index contributed by atoms with van der Waals surface area (Å²) in [5.74, 6) is -0.393. The van der Waals surface area contributed by atoms with Gasteiger partial charge in [0.2, 0.25) is 5.91 Å². The molecule has 1 rings (SSSR count). The monoisotopic (exact) mass is 274 g/mol. The Morgan fingerprint density at radius 3 is 3.00 bits per heavy atom. The molecule has 0 aliphatic carbocycles. The summed E-state index contributed by atoms with van der Waals surface area (Å²) in [7, 11) is 1.56. The summed E-state index contributed by atoms with van der Waals surface area (Å²) < 4.78 is 1.60.